The molecule has 22 heavy (non-hydrogen) atoms. The molecular formula is C16H14ClF2N3. The van der Waals surface area contributed by atoms with E-state index in [1.165, 1.54) is 6.07 Å². The van der Waals surface area contributed by atoms with Gasteiger partial charge in [-0.2, -0.15) is 5.10 Å². The van der Waals surface area contributed by atoms with Gasteiger partial charge in [0.2, 0.25) is 0 Å². The van der Waals surface area contributed by atoms with Crippen molar-refractivity contribution in [2.45, 2.75) is 26.8 Å². The van der Waals surface area contributed by atoms with Crippen LogP contribution in [0.2, 0.25) is 5.02 Å². The zero-order valence-electron chi connectivity index (χ0n) is 12.1. The van der Waals surface area contributed by atoms with Gasteiger partial charge in [0.1, 0.15) is 0 Å². The first-order valence-corrected chi connectivity index (χ1v) is 7.20. The number of fused-ring (bicyclic) bond motifs is 1. The Labute approximate surface area is 131 Å². The lowest BCUT2D eigenvalue weighted by molar-refractivity contribution is 0.153. The second kappa shape index (κ2) is 5.65. The molecule has 0 aliphatic heterocycles. The smallest absolute Gasteiger partial charge is 0.243 e. The maximum absolute atomic E-state index is 13.3. The summed E-state index contributed by atoms with van der Waals surface area (Å²) >= 11 is 5.98. The molecule has 0 N–H and O–H groups in total. The molecule has 2 heterocycles. The molecular weight excluding hydrogens is 308 g/mol. The topological polar surface area (TPSA) is 30.7 Å². The van der Waals surface area contributed by atoms with Crippen LogP contribution in [0.3, 0.4) is 0 Å². The van der Waals surface area contributed by atoms with Crippen LogP contribution < -0.4 is 0 Å². The highest BCUT2D eigenvalue weighted by atomic mass is 35.5. The number of nitrogens with zero attached hydrogens (tertiary/aromatic N) is 3. The van der Waals surface area contributed by atoms with Crippen LogP contribution in [0, 0.1) is 13.8 Å². The zero-order chi connectivity index (χ0) is 15.9. The van der Waals surface area contributed by atoms with Crippen LogP contribution in [0.1, 0.15) is 28.9 Å². The van der Waals surface area contributed by atoms with Crippen LogP contribution in [0.25, 0.3) is 11.0 Å². The second-order valence-corrected chi connectivity index (χ2v) is 5.66. The Morgan fingerprint density at radius 1 is 1.23 bits per heavy atom. The van der Waals surface area contributed by atoms with E-state index in [2.05, 4.69) is 10.1 Å². The van der Waals surface area contributed by atoms with Crippen LogP contribution in [-0.2, 0) is 6.54 Å². The van der Waals surface area contributed by atoms with Crippen molar-refractivity contribution in [3.63, 3.8) is 0 Å². The van der Waals surface area contributed by atoms with Crippen LogP contribution in [-0.4, -0.2) is 14.8 Å². The average molecular weight is 322 g/mol. The highest BCUT2D eigenvalue weighted by Gasteiger charge is 2.19. The summed E-state index contributed by atoms with van der Waals surface area (Å²) < 4.78 is 28.2. The van der Waals surface area contributed by atoms with Crippen molar-refractivity contribution in [2.24, 2.45) is 0 Å². The number of aromatic nitrogens is 3. The largest absolute Gasteiger partial charge is 0.264 e. The van der Waals surface area contributed by atoms with Crippen molar-refractivity contribution < 1.29 is 8.78 Å². The molecule has 0 aliphatic rings. The highest BCUT2D eigenvalue weighted by molar-refractivity contribution is 6.30. The van der Waals surface area contributed by atoms with Crippen molar-refractivity contribution in [3.8, 4) is 0 Å². The standard InChI is InChI=1S/C16H14ClF2N3/c1-9-6-13(15(18)19)14-10(2)21-22(16(14)20-9)8-11-4-3-5-12(17)7-11/h3-7,15H,8H2,1-2H3. The van der Waals surface area contributed by atoms with Crippen LogP contribution in [0.4, 0.5) is 8.78 Å². The van der Waals surface area contributed by atoms with E-state index in [1.54, 1.807) is 24.6 Å². The molecule has 1 aromatic carbocycles. The molecule has 0 fully saturated rings. The Bertz CT molecular complexity index is 843. The molecule has 114 valence electrons. The van der Waals surface area contributed by atoms with Gasteiger partial charge in [0.25, 0.3) is 6.43 Å². The van der Waals surface area contributed by atoms with E-state index in [4.69, 9.17) is 11.6 Å². The Hall–Kier alpha value is -2.01. The van der Waals surface area contributed by atoms with Crippen LogP contribution in [0.5, 0.6) is 0 Å². The first-order valence-electron chi connectivity index (χ1n) is 6.83. The summed E-state index contributed by atoms with van der Waals surface area (Å²) in [4.78, 5) is 4.39. The molecule has 2 aromatic heterocycles. The van der Waals surface area contributed by atoms with E-state index in [0.29, 0.717) is 34.0 Å². The Balaban J connectivity index is 2.15. The van der Waals surface area contributed by atoms with Gasteiger partial charge in [-0.15, -0.1) is 0 Å². The third kappa shape index (κ3) is 2.68. The first-order chi connectivity index (χ1) is 10.5. The van der Waals surface area contributed by atoms with Crippen molar-refractivity contribution in [2.75, 3.05) is 0 Å². The molecule has 0 bridgehead atoms. The van der Waals surface area contributed by atoms with Gasteiger partial charge in [-0.1, -0.05) is 23.7 Å². The minimum absolute atomic E-state index is 0.0163. The fraction of sp³-hybridized carbons (Fsp3) is 0.250. The molecule has 0 saturated heterocycles. The number of rotatable bonds is 3. The monoisotopic (exact) mass is 321 g/mol. The Morgan fingerprint density at radius 3 is 2.68 bits per heavy atom. The summed E-state index contributed by atoms with van der Waals surface area (Å²) in [5.41, 5.74) is 2.51. The van der Waals surface area contributed by atoms with Gasteiger partial charge in [-0.25, -0.2) is 18.4 Å². The van der Waals surface area contributed by atoms with E-state index < -0.39 is 6.43 Å². The van der Waals surface area contributed by atoms with Crippen LogP contribution >= 0.6 is 11.6 Å². The summed E-state index contributed by atoms with van der Waals surface area (Å²) in [6, 6.07) is 8.80. The molecule has 0 radical (unpaired) electrons. The van der Waals surface area contributed by atoms with E-state index in [9.17, 15) is 8.78 Å². The van der Waals surface area contributed by atoms with Gasteiger partial charge < -0.3 is 0 Å². The Morgan fingerprint density at radius 2 is 2.00 bits per heavy atom. The van der Waals surface area contributed by atoms with Gasteiger partial charge in [-0.05, 0) is 37.6 Å². The molecule has 0 saturated carbocycles. The molecule has 0 spiro atoms. The lowest BCUT2D eigenvalue weighted by Gasteiger charge is -2.07. The summed E-state index contributed by atoms with van der Waals surface area (Å²) in [6.45, 7) is 3.86. The third-order valence-electron chi connectivity index (χ3n) is 3.49. The van der Waals surface area contributed by atoms with Crippen LogP contribution in [0.15, 0.2) is 30.3 Å². The first kappa shape index (κ1) is 14.9. The zero-order valence-corrected chi connectivity index (χ0v) is 12.9. The predicted octanol–water partition coefficient (Wildman–Crippen LogP) is 4.69. The summed E-state index contributed by atoms with van der Waals surface area (Å²) in [5.74, 6) is 0. The van der Waals surface area contributed by atoms with E-state index in [1.807, 2.05) is 18.2 Å². The van der Waals surface area contributed by atoms with Crippen molar-refractivity contribution >= 4 is 22.6 Å². The minimum atomic E-state index is -2.55. The van der Waals surface area contributed by atoms with Gasteiger partial charge in [0, 0.05) is 16.3 Å². The number of aryl methyl sites for hydroxylation is 2. The molecule has 3 nitrogen and oxygen atoms in total. The molecule has 0 atom stereocenters. The second-order valence-electron chi connectivity index (χ2n) is 5.23. The van der Waals surface area contributed by atoms with Crippen molar-refractivity contribution in [3.05, 3.63) is 57.9 Å². The summed E-state index contributed by atoms with van der Waals surface area (Å²) in [7, 11) is 0. The van der Waals surface area contributed by atoms with Gasteiger partial charge >= 0.3 is 0 Å². The number of hydrogen-bond donors (Lipinski definition) is 0. The summed E-state index contributed by atoms with van der Waals surface area (Å²) in [5, 5.41) is 5.44. The van der Waals surface area contributed by atoms with E-state index in [-0.39, 0.29) is 5.56 Å². The number of pyridine rings is 1. The van der Waals surface area contributed by atoms with Gasteiger partial charge in [-0.3, -0.25) is 0 Å². The SMILES string of the molecule is Cc1cc(C(F)F)c2c(C)nn(Cc3cccc(Cl)c3)c2n1. The van der Waals surface area contributed by atoms with Gasteiger partial charge in [0.15, 0.2) is 5.65 Å². The number of halogens is 3. The molecule has 6 heteroatoms. The third-order valence-corrected chi connectivity index (χ3v) is 3.73. The Kier molecular flexibility index (Phi) is 3.83. The van der Waals surface area contributed by atoms with Crippen molar-refractivity contribution in [1.29, 1.82) is 0 Å². The maximum atomic E-state index is 13.3. The summed E-state index contributed by atoms with van der Waals surface area (Å²) in [6.07, 6.45) is -2.55. The molecule has 0 amide bonds. The van der Waals surface area contributed by atoms with Crippen molar-refractivity contribution in [1.82, 2.24) is 14.8 Å². The number of alkyl halides is 2. The number of benzene rings is 1. The fourth-order valence-corrected chi connectivity index (χ4v) is 2.82. The van der Waals surface area contributed by atoms with E-state index in [0.717, 1.165) is 5.56 Å². The highest BCUT2D eigenvalue weighted by Crippen LogP contribution is 2.30. The minimum Gasteiger partial charge on any atom is -0.243 e. The average Bonchev–Trinajstić information content (AvgIpc) is 2.74. The molecule has 0 aliphatic carbocycles. The van der Waals surface area contributed by atoms with Gasteiger partial charge in [0.05, 0.1) is 17.6 Å². The predicted molar refractivity (Wildman–Crippen MR) is 82.5 cm³/mol. The molecule has 0 unspecified atom stereocenters. The molecule has 3 rings (SSSR count). The lowest BCUT2D eigenvalue weighted by Crippen LogP contribution is -2.03. The quantitative estimate of drug-likeness (QED) is 0.700. The fourth-order valence-electron chi connectivity index (χ4n) is 2.61. The number of hydrogen-bond acceptors (Lipinski definition) is 2. The molecule has 3 aromatic rings. The maximum Gasteiger partial charge on any atom is 0.264 e. The lowest BCUT2D eigenvalue weighted by atomic mass is 10.1. The van der Waals surface area contributed by atoms with E-state index >= 15 is 0 Å². The normalized spacial score (nSPS) is 11.5.